The van der Waals surface area contributed by atoms with Crippen LogP contribution in [-0.2, 0) is 6.18 Å². The van der Waals surface area contributed by atoms with E-state index in [0.29, 0.717) is 28.4 Å². The maximum Gasteiger partial charge on any atom is 0.417 e. The molecule has 1 fully saturated rings. The van der Waals surface area contributed by atoms with Crippen molar-refractivity contribution in [3.8, 4) is 28.4 Å². The molecular weight excluding hydrogens is 419 g/mol. The Bertz CT molecular complexity index is 1280. The monoisotopic (exact) mass is 439 g/mol. The Kier molecular flexibility index (Phi) is 4.80. The number of halogens is 3. The summed E-state index contributed by atoms with van der Waals surface area (Å²) in [6, 6.07) is 14.9. The zero-order valence-electron chi connectivity index (χ0n) is 17.5. The largest absolute Gasteiger partial charge is 0.497 e. The van der Waals surface area contributed by atoms with Crippen molar-refractivity contribution in [2.45, 2.75) is 24.9 Å². The Labute approximate surface area is 182 Å². The molecule has 32 heavy (non-hydrogen) atoms. The molecule has 2 aromatic carbocycles. The molecular formula is C24H20F3N3O2. The van der Waals surface area contributed by atoms with Gasteiger partial charge in [-0.1, -0.05) is 0 Å². The zero-order valence-corrected chi connectivity index (χ0v) is 17.5. The lowest BCUT2D eigenvalue weighted by atomic mass is 10.0. The van der Waals surface area contributed by atoms with Gasteiger partial charge in [-0.2, -0.15) is 18.3 Å². The Balaban J connectivity index is 1.78. The minimum Gasteiger partial charge on any atom is -0.497 e. The number of nitrogens with zero attached hydrogens (tertiary/aromatic N) is 3. The molecule has 0 radical (unpaired) electrons. The molecule has 1 aliphatic carbocycles. The molecule has 1 saturated carbocycles. The van der Waals surface area contributed by atoms with Gasteiger partial charge in [0, 0.05) is 11.5 Å². The van der Waals surface area contributed by atoms with E-state index >= 15 is 0 Å². The van der Waals surface area contributed by atoms with E-state index in [0.717, 1.165) is 18.9 Å². The van der Waals surface area contributed by atoms with Crippen LogP contribution < -0.4 is 9.47 Å². The van der Waals surface area contributed by atoms with Gasteiger partial charge < -0.3 is 9.47 Å². The van der Waals surface area contributed by atoms with Gasteiger partial charge in [-0.05, 0) is 67.4 Å². The molecule has 8 heteroatoms. The van der Waals surface area contributed by atoms with E-state index in [-0.39, 0.29) is 22.6 Å². The molecule has 5 rings (SSSR count). The lowest BCUT2D eigenvalue weighted by Gasteiger charge is -2.12. The van der Waals surface area contributed by atoms with Crippen LogP contribution in [0.2, 0.25) is 0 Å². The van der Waals surface area contributed by atoms with Gasteiger partial charge in [-0.15, -0.1) is 0 Å². The number of alkyl halides is 3. The third-order valence-electron chi connectivity index (χ3n) is 5.64. The minimum atomic E-state index is -4.54. The summed E-state index contributed by atoms with van der Waals surface area (Å²) in [6.45, 7) is 0. The first-order chi connectivity index (χ1) is 15.4. The van der Waals surface area contributed by atoms with Crippen LogP contribution in [0.4, 0.5) is 13.2 Å². The summed E-state index contributed by atoms with van der Waals surface area (Å²) in [5.74, 6) is 1.28. The second kappa shape index (κ2) is 7.55. The van der Waals surface area contributed by atoms with Crippen LogP contribution in [0.5, 0.6) is 11.5 Å². The maximum atomic E-state index is 14.2. The second-order valence-electron chi connectivity index (χ2n) is 7.75. The van der Waals surface area contributed by atoms with Crippen LogP contribution in [0, 0.1) is 0 Å². The molecule has 1 aliphatic rings. The molecule has 4 aromatic rings. The van der Waals surface area contributed by atoms with E-state index in [4.69, 9.17) is 9.47 Å². The number of hydrogen-bond acceptors (Lipinski definition) is 4. The average molecular weight is 439 g/mol. The molecule has 0 unspecified atom stereocenters. The summed E-state index contributed by atoms with van der Waals surface area (Å²) in [5, 5.41) is 4.68. The van der Waals surface area contributed by atoms with Gasteiger partial charge in [0.2, 0.25) is 0 Å². The number of hydrogen-bond donors (Lipinski definition) is 0. The van der Waals surface area contributed by atoms with E-state index in [1.807, 2.05) is 0 Å². The predicted octanol–water partition coefficient (Wildman–Crippen LogP) is 6.00. The quantitative estimate of drug-likeness (QED) is 0.383. The third kappa shape index (κ3) is 3.55. The summed E-state index contributed by atoms with van der Waals surface area (Å²) >= 11 is 0. The highest BCUT2D eigenvalue weighted by Gasteiger charge is 2.39. The first kappa shape index (κ1) is 20.4. The predicted molar refractivity (Wildman–Crippen MR) is 114 cm³/mol. The molecule has 5 nitrogen and oxygen atoms in total. The molecule has 0 N–H and O–H groups in total. The normalized spacial score (nSPS) is 14.0. The first-order valence-corrected chi connectivity index (χ1v) is 10.2. The number of methoxy groups -OCH3 is 2. The number of fused-ring (bicyclic) bond motifs is 1. The van der Waals surface area contributed by atoms with Gasteiger partial charge in [0.25, 0.3) is 0 Å². The second-order valence-corrected chi connectivity index (χ2v) is 7.75. The molecule has 2 aromatic heterocycles. The van der Waals surface area contributed by atoms with Crippen molar-refractivity contribution in [2.75, 3.05) is 14.2 Å². The van der Waals surface area contributed by atoms with Crippen LogP contribution in [0.15, 0.2) is 54.6 Å². The maximum absolute atomic E-state index is 14.2. The van der Waals surface area contributed by atoms with Crippen molar-refractivity contribution in [2.24, 2.45) is 0 Å². The number of ether oxygens (including phenoxy) is 2. The van der Waals surface area contributed by atoms with Crippen molar-refractivity contribution in [1.29, 1.82) is 0 Å². The fraction of sp³-hybridized carbons (Fsp3) is 0.250. The summed E-state index contributed by atoms with van der Waals surface area (Å²) in [5.41, 5.74) is 1.35. The summed E-state index contributed by atoms with van der Waals surface area (Å²) < 4.78 is 54.5. The number of pyridine rings is 1. The number of rotatable bonds is 5. The number of aromatic nitrogens is 3. The van der Waals surface area contributed by atoms with E-state index in [1.165, 1.54) is 11.8 Å². The van der Waals surface area contributed by atoms with Crippen molar-refractivity contribution < 1.29 is 22.6 Å². The van der Waals surface area contributed by atoms with Gasteiger partial charge in [0.1, 0.15) is 11.5 Å². The fourth-order valence-electron chi connectivity index (χ4n) is 3.82. The summed E-state index contributed by atoms with van der Waals surface area (Å²) in [6.07, 6.45) is -2.89. The van der Waals surface area contributed by atoms with Crippen LogP contribution in [0.3, 0.4) is 0 Å². The van der Waals surface area contributed by atoms with Crippen molar-refractivity contribution in [3.05, 3.63) is 65.9 Å². The molecule has 2 heterocycles. The van der Waals surface area contributed by atoms with Gasteiger partial charge in [0.05, 0.1) is 42.2 Å². The average Bonchev–Trinajstić information content (AvgIpc) is 3.58. The Morgan fingerprint density at radius 1 is 0.906 bits per heavy atom. The fourth-order valence-corrected chi connectivity index (χ4v) is 3.82. The first-order valence-electron chi connectivity index (χ1n) is 10.2. The molecule has 0 spiro atoms. The SMILES string of the molecule is COc1ccc(-c2cc(C(F)(F)F)c3c(C4CC4)nn(-c4ccc(OC)cc4)c3n2)cc1. The van der Waals surface area contributed by atoms with Crippen LogP contribution in [0.1, 0.15) is 30.0 Å². The van der Waals surface area contributed by atoms with E-state index in [2.05, 4.69) is 10.1 Å². The van der Waals surface area contributed by atoms with Gasteiger partial charge in [-0.25, -0.2) is 9.67 Å². The van der Waals surface area contributed by atoms with Crippen LogP contribution in [-0.4, -0.2) is 29.0 Å². The van der Waals surface area contributed by atoms with Crippen LogP contribution in [0.25, 0.3) is 28.0 Å². The molecule has 0 amide bonds. The lowest BCUT2D eigenvalue weighted by Crippen LogP contribution is -2.08. The molecule has 164 valence electrons. The topological polar surface area (TPSA) is 49.2 Å². The van der Waals surface area contributed by atoms with E-state index in [1.54, 1.807) is 55.6 Å². The standard InChI is InChI=1S/C24H20F3N3O2/c1-31-17-9-5-14(6-10-17)20-13-19(24(25,26)27)21-22(15-3-4-15)29-30(23(21)28-20)16-7-11-18(32-2)12-8-16/h5-13,15H,3-4H2,1-2H3. The smallest absolute Gasteiger partial charge is 0.417 e. The van der Waals surface area contributed by atoms with E-state index < -0.39 is 11.7 Å². The Morgan fingerprint density at radius 3 is 2.03 bits per heavy atom. The summed E-state index contributed by atoms with van der Waals surface area (Å²) in [4.78, 5) is 4.65. The van der Waals surface area contributed by atoms with Crippen molar-refractivity contribution in [3.63, 3.8) is 0 Å². The molecule has 0 atom stereocenters. The van der Waals surface area contributed by atoms with Gasteiger partial charge >= 0.3 is 6.18 Å². The highest BCUT2D eigenvalue weighted by atomic mass is 19.4. The lowest BCUT2D eigenvalue weighted by molar-refractivity contribution is -0.136. The summed E-state index contributed by atoms with van der Waals surface area (Å²) in [7, 11) is 3.09. The number of benzene rings is 2. The van der Waals surface area contributed by atoms with Gasteiger partial charge in [-0.3, -0.25) is 0 Å². The van der Waals surface area contributed by atoms with Crippen molar-refractivity contribution >= 4 is 11.0 Å². The van der Waals surface area contributed by atoms with Crippen molar-refractivity contribution in [1.82, 2.24) is 14.8 Å². The highest BCUT2D eigenvalue weighted by molar-refractivity contribution is 5.88. The molecule has 0 aliphatic heterocycles. The zero-order chi connectivity index (χ0) is 22.5. The van der Waals surface area contributed by atoms with Crippen LogP contribution >= 0.6 is 0 Å². The highest BCUT2D eigenvalue weighted by Crippen LogP contribution is 2.47. The Hall–Kier alpha value is -3.55. The van der Waals surface area contributed by atoms with Gasteiger partial charge in [0.15, 0.2) is 5.65 Å². The minimum absolute atomic E-state index is 0.0201. The van der Waals surface area contributed by atoms with E-state index in [9.17, 15) is 13.2 Å². The Morgan fingerprint density at radius 2 is 1.50 bits per heavy atom. The molecule has 0 saturated heterocycles. The third-order valence-corrected chi connectivity index (χ3v) is 5.64. The molecule has 0 bridgehead atoms.